The Labute approximate surface area is 192 Å². The summed E-state index contributed by atoms with van der Waals surface area (Å²) in [7, 11) is 0. The Kier molecular flexibility index (Phi) is 5.57. The number of aromatic amines is 1. The maximum absolute atomic E-state index is 11.3. The highest BCUT2D eigenvalue weighted by molar-refractivity contribution is 8.02. The minimum absolute atomic E-state index is 0.114. The lowest BCUT2D eigenvalue weighted by molar-refractivity contribution is -0.118. The predicted octanol–water partition coefficient (Wildman–Crippen LogP) is 2.57. The summed E-state index contributed by atoms with van der Waals surface area (Å²) in [5.74, 6) is 0.167. The van der Waals surface area contributed by atoms with Crippen LogP contribution in [0.4, 0.5) is 5.82 Å². The fraction of sp³-hybridized carbons (Fsp3) is 0.190. The SMILES string of the molecule is CC(=O)NCCn1c(SC2=COC(c3ccccc3-c3cc[nH]n3)O2)nc2c(N)ncnc21. The molecule has 0 bridgehead atoms. The molecule has 1 aliphatic rings. The van der Waals surface area contributed by atoms with Crippen molar-refractivity contribution in [3.8, 4) is 11.3 Å². The Balaban J connectivity index is 1.38. The highest BCUT2D eigenvalue weighted by Gasteiger charge is 2.27. The number of H-pyrrole nitrogens is 1. The van der Waals surface area contributed by atoms with E-state index in [1.54, 1.807) is 12.5 Å². The number of amides is 1. The van der Waals surface area contributed by atoms with Crippen LogP contribution in [0.5, 0.6) is 0 Å². The van der Waals surface area contributed by atoms with Crippen molar-refractivity contribution >= 4 is 34.7 Å². The average Bonchev–Trinajstić information content (AvgIpc) is 3.56. The lowest BCUT2D eigenvalue weighted by Crippen LogP contribution is -2.24. The third-order valence-corrected chi connectivity index (χ3v) is 5.82. The number of nitrogens with two attached hydrogens (primary N) is 1. The maximum atomic E-state index is 11.3. The number of aromatic nitrogens is 6. The summed E-state index contributed by atoms with van der Waals surface area (Å²) in [6.45, 7) is 2.33. The zero-order chi connectivity index (χ0) is 22.8. The molecule has 0 saturated heterocycles. The van der Waals surface area contributed by atoms with Gasteiger partial charge in [-0.25, -0.2) is 15.0 Å². The predicted molar refractivity (Wildman–Crippen MR) is 121 cm³/mol. The van der Waals surface area contributed by atoms with Gasteiger partial charge in [-0.05, 0) is 17.8 Å². The summed E-state index contributed by atoms with van der Waals surface area (Å²) in [6.07, 6.45) is 4.09. The third-order valence-electron chi connectivity index (χ3n) is 4.93. The number of imidazole rings is 1. The number of carbonyl (C=O) groups excluding carboxylic acids is 1. The van der Waals surface area contributed by atoms with Gasteiger partial charge < -0.3 is 25.1 Å². The molecule has 0 spiro atoms. The number of hydrogen-bond acceptors (Lipinski definition) is 9. The Hall–Kier alpha value is -4.06. The topological polar surface area (TPSA) is 146 Å². The van der Waals surface area contributed by atoms with E-state index in [1.165, 1.54) is 25.0 Å². The van der Waals surface area contributed by atoms with Crippen LogP contribution in [-0.2, 0) is 20.8 Å². The van der Waals surface area contributed by atoms with Gasteiger partial charge in [-0.1, -0.05) is 24.3 Å². The van der Waals surface area contributed by atoms with Crippen molar-refractivity contribution in [2.45, 2.75) is 24.9 Å². The maximum Gasteiger partial charge on any atom is 0.268 e. The Bertz CT molecular complexity index is 1330. The molecule has 1 aromatic carbocycles. The fourth-order valence-corrected chi connectivity index (χ4v) is 4.30. The number of benzene rings is 1. The summed E-state index contributed by atoms with van der Waals surface area (Å²) >= 11 is 1.28. The molecule has 33 heavy (non-hydrogen) atoms. The highest BCUT2D eigenvalue weighted by Crippen LogP contribution is 2.40. The van der Waals surface area contributed by atoms with Crippen LogP contribution >= 0.6 is 11.8 Å². The van der Waals surface area contributed by atoms with Gasteiger partial charge in [0, 0.05) is 37.3 Å². The summed E-state index contributed by atoms with van der Waals surface area (Å²) in [6, 6.07) is 9.65. The number of ether oxygens (including phenoxy) is 2. The second-order valence-corrected chi connectivity index (χ2v) is 8.10. The van der Waals surface area contributed by atoms with E-state index < -0.39 is 6.29 Å². The van der Waals surface area contributed by atoms with Gasteiger partial charge in [0.25, 0.3) is 6.29 Å². The van der Waals surface area contributed by atoms with Gasteiger partial charge >= 0.3 is 0 Å². The largest absolute Gasteiger partial charge is 0.454 e. The van der Waals surface area contributed by atoms with E-state index in [1.807, 2.05) is 34.9 Å². The number of nitrogens with zero attached hydrogens (tertiary/aromatic N) is 5. The molecule has 1 amide bonds. The first kappa shape index (κ1) is 20.8. The van der Waals surface area contributed by atoms with Crippen LogP contribution in [0, 0.1) is 0 Å². The van der Waals surface area contributed by atoms with Crippen molar-refractivity contribution in [1.82, 2.24) is 35.0 Å². The zero-order valence-corrected chi connectivity index (χ0v) is 18.4. The Morgan fingerprint density at radius 1 is 1.30 bits per heavy atom. The van der Waals surface area contributed by atoms with Crippen LogP contribution in [0.25, 0.3) is 22.4 Å². The van der Waals surface area contributed by atoms with Crippen LogP contribution < -0.4 is 11.1 Å². The number of rotatable bonds is 7. The standard InChI is InChI=1S/C21H20N8O3S/c1-12(30)23-8-9-29-19-17(18(22)24-11-25-19)27-21(29)33-16-10-31-20(32-16)14-5-3-2-4-13(14)15-6-7-26-28-15/h2-7,10-11,20H,8-9H2,1H3,(H,23,30)(H,26,28)(H2,22,24,25). The van der Waals surface area contributed by atoms with E-state index in [2.05, 4.69) is 30.5 Å². The summed E-state index contributed by atoms with van der Waals surface area (Å²) in [5, 5.41) is 11.0. The van der Waals surface area contributed by atoms with Crippen LogP contribution in [0.15, 0.2) is 59.4 Å². The molecule has 0 aliphatic carbocycles. The molecule has 5 rings (SSSR count). The first-order valence-electron chi connectivity index (χ1n) is 10.1. The van der Waals surface area contributed by atoms with E-state index >= 15 is 0 Å². The number of fused-ring (bicyclic) bond motifs is 1. The molecule has 0 saturated carbocycles. The summed E-state index contributed by atoms with van der Waals surface area (Å²) < 4.78 is 13.8. The molecule has 1 aliphatic heterocycles. The lowest BCUT2D eigenvalue weighted by Gasteiger charge is -2.15. The quantitative estimate of drug-likeness (QED) is 0.375. The summed E-state index contributed by atoms with van der Waals surface area (Å²) in [5.41, 5.74) is 9.63. The average molecular weight is 465 g/mol. The number of thioether (sulfide) groups is 1. The van der Waals surface area contributed by atoms with Crippen molar-refractivity contribution in [2.24, 2.45) is 0 Å². The van der Waals surface area contributed by atoms with Gasteiger partial charge in [0.05, 0.1) is 5.69 Å². The van der Waals surface area contributed by atoms with E-state index in [0.717, 1.165) is 16.8 Å². The molecular formula is C21H20N8O3S. The van der Waals surface area contributed by atoms with Gasteiger partial charge in [0.1, 0.15) is 12.6 Å². The van der Waals surface area contributed by atoms with Gasteiger partial charge in [-0.15, -0.1) is 0 Å². The number of hydrogen-bond donors (Lipinski definition) is 3. The second-order valence-electron chi connectivity index (χ2n) is 7.13. The summed E-state index contributed by atoms with van der Waals surface area (Å²) in [4.78, 5) is 24.2. The Morgan fingerprint density at radius 2 is 2.18 bits per heavy atom. The molecule has 1 atom stereocenters. The molecule has 1 unspecified atom stereocenters. The van der Waals surface area contributed by atoms with E-state index in [9.17, 15) is 4.79 Å². The van der Waals surface area contributed by atoms with Crippen molar-refractivity contribution < 1.29 is 14.3 Å². The minimum Gasteiger partial charge on any atom is -0.454 e. The second kappa shape index (κ2) is 8.82. The first-order valence-corrected chi connectivity index (χ1v) is 10.9. The molecular weight excluding hydrogens is 444 g/mol. The normalized spacial score (nSPS) is 15.2. The van der Waals surface area contributed by atoms with Crippen LogP contribution in [-0.4, -0.2) is 42.2 Å². The Morgan fingerprint density at radius 3 is 3.00 bits per heavy atom. The molecule has 0 radical (unpaired) electrons. The molecule has 11 nitrogen and oxygen atoms in total. The van der Waals surface area contributed by atoms with Gasteiger partial charge in [0.15, 0.2) is 22.1 Å². The number of carbonyl (C=O) groups is 1. The van der Waals surface area contributed by atoms with Crippen molar-refractivity contribution in [2.75, 3.05) is 12.3 Å². The van der Waals surface area contributed by atoms with E-state index in [-0.39, 0.29) is 11.7 Å². The lowest BCUT2D eigenvalue weighted by atomic mass is 10.0. The third kappa shape index (κ3) is 4.20. The van der Waals surface area contributed by atoms with Crippen LogP contribution in [0.3, 0.4) is 0 Å². The minimum atomic E-state index is -0.623. The molecule has 0 fully saturated rings. The smallest absolute Gasteiger partial charge is 0.268 e. The van der Waals surface area contributed by atoms with Crippen molar-refractivity contribution in [3.63, 3.8) is 0 Å². The van der Waals surface area contributed by atoms with E-state index in [4.69, 9.17) is 15.2 Å². The number of anilines is 1. The molecule has 3 aromatic heterocycles. The molecule has 4 N–H and O–H groups in total. The van der Waals surface area contributed by atoms with Crippen molar-refractivity contribution in [3.05, 3.63) is 59.8 Å². The van der Waals surface area contributed by atoms with Gasteiger partial charge in [-0.3, -0.25) is 9.89 Å². The molecule has 12 heteroatoms. The van der Waals surface area contributed by atoms with Gasteiger partial charge in [0.2, 0.25) is 11.0 Å². The molecule has 4 heterocycles. The first-order chi connectivity index (χ1) is 16.1. The highest BCUT2D eigenvalue weighted by atomic mass is 32.2. The number of nitrogen functional groups attached to an aromatic ring is 1. The zero-order valence-electron chi connectivity index (χ0n) is 17.6. The van der Waals surface area contributed by atoms with Gasteiger partial charge in [-0.2, -0.15) is 5.10 Å². The molecule has 4 aromatic rings. The molecule has 168 valence electrons. The van der Waals surface area contributed by atoms with Crippen LogP contribution in [0.2, 0.25) is 0 Å². The fourth-order valence-electron chi connectivity index (χ4n) is 3.46. The monoisotopic (exact) mass is 464 g/mol. The van der Waals surface area contributed by atoms with E-state index in [0.29, 0.717) is 34.5 Å². The van der Waals surface area contributed by atoms with Crippen molar-refractivity contribution in [1.29, 1.82) is 0 Å². The number of nitrogens with one attached hydrogen (secondary N) is 2. The van der Waals surface area contributed by atoms with Crippen LogP contribution in [0.1, 0.15) is 18.8 Å².